The van der Waals surface area contributed by atoms with Crippen LogP contribution in [0.4, 0.5) is 4.39 Å². The van der Waals surface area contributed by atoms with E-state index in [1.54, 1.807) is 12.1 Å². The van der Waals surface area contributed by atoms with Gasteiger partial charge in [0.15, 0.2) is 0 Å². The van der Waals surface area contributed by atoms with Gasteiger partial charge in [0.25, 0.3) is 0 Å². The van der Waals surface area contributed by atoms with Gasteiger partial charge in [0.05, 0.1) is 12.6 Å². The van der Waals surface area contributed by atoms with Gasteiger partial charge < -0.3 is 10.5 Å². The highest BCUT2D eigenvalue weighted by molar-refractivity contribution is 5.30. The van der Waals surface area contributed by atoms with Crippen LogP contribution in [-0.2, 0) is 0 Å². The Kier molecular flexibility index (Phi) is 3.71. The summed E-state index contributed by atoms with van der Waals surface area (Å²) in [5.41, 5.74) is 6.30. The van der Waals surface area contributed by atoms with Crippen molar-refractivity contribution < 1.29 is 9.13 Å². The summed E-state index contributed by atoms with van der Waals surface area (Å²) in [4.78, 5) is 0. The first-order valence-corrected chi connectivity index (χ1v) is 4.32. The molecule has 0 aromatic heterocycles. The molecule has 0 spiro atoms. The Bertz CT molecular complexity index is 265. The number of halogens is 1. The van der Waals surface area contributed by atoms with Crippen LogP contribution in [0.2, 0.25) is 0 Å². The predicted octanol–water partition coefficient (Wildman–Crippen LogP) is 2.05. The normalized spacial score (nSPS) is 12.5. The molecule has 0 fully saturated rings. The van der Waals surface area contributed by atoms with E-state index in [4.69, 9.17) is 10.5 Å². The molecule has 0 bridgehead atoms. The standard InChI is InChI=1S/C10H14FNO/c1-2-13-9-5-3-4-8(6-9)10(12)7-11/h3-6,10H,2,7,12H2,1H3/t10-/m0/s1. The van der Waals surface area contributed by atoms with E-state index in [2.05, 4.69) is 0 Å². The molecule has 0 saturated carbocycles. The molecule has 2 N–H and O–H groups in total. The molecular formula is C10H14FNO. The molecule has 2 nitrogen and oxygen atoms in total. The van der Waals surface area contributed by atoms with E-state index in [1.165, 1.54) is 0 Å². The Hall–Kier alpha value is -1.09. The number of hydrogen-bond acceptors (Lipinski definition) is 2. The van der Waals surface area contributed by atoms with Crippen molar-refractivity contribution in [3.8, 4) is 5.75 Å². The molecule has 1 aromatic carbocycles. The lowest BCUT2D eigenvalue weighted by Gasteiger charge is -2.09. The summed E-state index contributed by atoms with van der Waals surface area (Å²) in [5.74, 6) is 0.740. The Labute approximate surface area is 77.5 Å². The number of alkyl halides is 1. The Balaban J connectivity index is 2.78. The summed E-state index contributed by atoms with van der Waals surface area (Å²) in [6, 6.07) is 6.68. The molecule has 1 aromatic rings. The monoisotopic (exact) mass is 183 g/mol. The van der Waals surface area contributed by atoms with Crippen LogP contribution in [0.15, 0.2) is 24.3 Å². The van der Waals surface area contributed by atoms with Gasteiger partial charge in [-0.15, -0.1) is 0 Å². The van der Waals surface area contributed by atoms with Crippen LogP contribution in [0.5, 0.6) is 5.75 Å². The van der Waals surface area contributed by atoms with Crippen LogP contribution < -0.4 is 10.5 Å². The lowest BCUT2D eigenvalue weighted by atomic mass is 10.1. The van der Waals surface area contributed by atoms with Gasteiger partial charge in [0.1, 0.15) is 12.4 Å². The quantitative estimate of drug-likeness (QED) is 0.775. The van der Waals surface area contributed by atoms with Crippen LogP contribution in [0.25, 0.3) is 0 Å². The maximum atomic E-state index is 12.2. The molecule has 0 unspecified atom stereocenters. The summed E-state index contributed by atoms with van der Waals surface area (Å²) in [7, 11) is 0. The minimum Gasteiger partial charge on any atom is -0.494 e. The highest BCUT2D eigenvalue weighted by Gasteiger charge is 2.05. The Morgan fingerprint density at radius 1 is 1.54 bits per heavy atom. The lowest BCUT2D eigenvalue weighted by molar-refractivity contribution is 0.339. The number of hydrogen-bond donors (Lipinski definition) is 1. The summed E-state index contributed by atoms with van der Waals surface area (Å²) in [6.07, 6.45) is 0. The third-order valence-electron chi connectivity index (χ3n) is 1.76. The van der Waals surface area contributed by atoms with Crippen molar-refractivity contribution in [2.45, 2.75) is 13.0 Å². The van der Waals surface area contributed by atoms with E-state index < -0.39 is 12.7 Å². The molecule has 0 amide bonds. The molecule has 1 atom stereocenters. The zero-order valence-corrected chi connectivity index (χ0v) is 7.66. The lowest BCUT2D eigenvalue weighted by Crippen LogP contribution is -2.12. The molecule has 0 aliphatic rings. The highest BCUT2D eigenvalue weighted by Crippen LogP contribution is 2.17. The van der Waals surface area contributed by atoms with Gasteiger partial charge in [0, 0.05) is 0 Å². The van der Waals surface area contributed by atoms with Gasteiger partial charge in [-0.3, -0.25) is 0 Å². The fourth-order valence-corrected chi connectivity index (χ4v) is 1.09. The summed E-state index contributed by atoms with van der Waals surface area (Å²) < 4.78 is 17.5. The zero-order chi connectivity index (χ0) is 9.68. The average Bonchev–Trinajstić information content (AvgIpc) is 2.18. The third-order valence-corrected chi connectivity index (χ3v) is 1.76. The van der Waals surface area contributed by atoms with Crippen LogP contribution in [0.3, 0.4) is 0 Å². The van der Waals surface area contributed by atoms with Gasteiger partial charge in [-0.25, -0.2) is 4.39 Å². The van der Waals surface area contributed by atoms with Gasteiger partial charge in [0.2, 0.25) is 0 Å². The van der Waals surface area contributed by atoms with Crippen LogP contribution in [-0.4, -0.2) is 13.3 Å². The molecule has 0 radical (unpaired) electrons. The van der Waals surface area contributed by atoms with Crippen molar-refractivity contribution in [3.63, 3.8) is 0 Å². The van der Waals surface area contributed by atoms with Crippen LogP contribution in [0, 0.1) is 0 Å². The van der Waals surface area contributed by atoms with Gasteiger partial charge >= 0.3 is 0 Å². The van der Waals surface area contributed by atoms with Crippen molar-refractivity contribution in [2.24, 2.45) is 5.73 Å². The molecule has 0 aliphatic carbocycles. The smallest absolute Gasteiger partial charge is 0.119 e. The topological polar surface area (TPSA) is 35.2 Å². The highest BCUT2D eigenvalue weighted by atomic mass is 19.1. The van der Waals surface area contributed by atoms with Gasteiger partial charge in [-0.05, 0) is 24.6 Å². The minimum absolute atomic E-state index is 0.541. The van der Waals surface area contributed by atoms with Crippen molar-refractivity contribution in [2.75, 3.05) is 13.3 Å². The zero-order valence-electron chi connectivity index (χ0n) is 7.66. The van der Waals surface area contributed by atoms with Crippen molar-refractivity contribution in [1.29, 1.82) is 0 Å². The Morgan fingerprint density at radius 2 is 2.31 bits per heavy atom. The summed E-state index contributed by atoms with van der Waals surface area (Å²) >= 11 is 0. The fourth-order valence-electron chi connectivity index (χ4n) is 1.09. The predicted molar refractivity (Wildman–Crippen MR) is 50.5 cm³/mol. The number of ether oxygens (including phenoxy) is 1. The number of benzene rings is 1. The molecule has 13 heavy (non-hydrogen) atoms. The molecule has 0 heterocycles. The first-order valence-electron chi connectivity index (χ1n) is 4.32. The first kappa shape index (κ1) is 9.99. The molecular weight excluding hydrogens is 169 g/mol. The van der Waals surface area contributed by atoms with Crippen molar-refractivity contribution in [1.82, 2.24) is 0 Å². The molecule has 1 rings (SSSR count). The summed E-state index contributed by atoms with van der Waals surface area (Å²) in [6.45, 7) is 1.96. The fraction of sp³-hybridized carbons (Fsp3) is 0.400. The third kappa shape index (κ3) is 2.70. The second-order valence-corrected chi connectivity index (χ2v) is 2.77. The molecule has 0 saturated heterocycles. The van der Waals surface area contributed by atoms with E-state index in [0.717, 1.165) is 11.3 Å². The maximum Gasteiger partial charge on any atom is 0.119 e. The largest absolute Gasteiger partial charge is 0.494 e. The summed E-state index contributed by atoms with van der Waals surface area (Å²) in [5, 5.41) is 0. The van der Waals surface area contributed by atoms with Gasteiger partial charge in [-0.2, -0.15) is 0 Å². The molecule has 3 heteroatoms. The second kappa shape index (κ2) is 4.82. The van der Waals surface area contributed by atoms with Crippen LogP contribution in [0.1, 0.15) is 18.5 Å². The SMILES string of the molecule is CCOc1cccc([C@@H](N)CF)c1. The molecule has 72 valence electrons. The van der Waals surface area contributed by atoms with Crippen LogP contribution >= 0.6 is 0 Å². The van der Waals surface area contributed by atoms with Gasteiger partial charge in [-0.1, -0.05) is 12.1 Å². The minimum atomic E-state index is -0.546. The van der Waals surface area contributed by atoms with E-state index in [1.807, 2.05) is 19.1 Å². The van der Waals surface area contributed by atoms with E-state index in [-0.39, 0.29) is 0 Å². The van der Waals surface area contributed by atoms with Crippen molar-refractivity contribution in [3.05, 3.63) is 29.8 Å². The van der Waals surface area contributed by atoms with E-state index in [0.29, 0.717) is 6.61 Å². The average molecular weight is 183 g/mol. The molecule has 0 aliphatic heterocycles. The number of rotatable bonds is 4. The number of nitrogens with two attached hydrogens (primary N) is 1. The Morgan fingerprint density at radius 3 is 2.92 bits per heavy atom. The maximum absolute atomic E-state index is 12.2. The van der Waals surface area contributed by atoms with E-state index >= 15 is 0 Å². The van der Waals surface area contributed by atoms with Crippen molar-refractivity contribution >= 4 is 0 Å². The first-order chi connectivity index (χ1) is 6.27. The second-order valence-electron chi connectivity index (χ2n) is 2.77. The van der Waals surface area contributed by atoms with E-state index in [9.17, 15) is 4.39 Å².